The first kappa shape index (κ1) is 19.7. The minimum absolute atomic E-state index is 0.0126. The van der Waals surface area contributed by atoms with Gasteiger partial charge in [-0.15, -0.1) is 0 Å². The van der Waals surface area contributed by atoms with E-state index in [2.05, 4.69) is 5.32 Å². The molecule has 0 aromatic heterocycles. The van der Waals surface area contributed by atoms with Crippen molar-refractivity contribution in [2.75, 3.05) is 6.61 Å². The quantitative estimate of drug-likeness (QED) is 0.638. The Morgan fingerprint density at radius 2 is 1.67 bits per heavy atom. The van der Waals surface area contributed by atoms with Crippen molar-refractivity contribution in [2.24, 2.45) is 0 Å². The number of hydrogen-bond donors (Lipinski definition) is 1. The Kier molecular flexibility index (Phi) is 6.51. The first-order valence-corrected chi connectivity index (χ1v) is 7.84. The number of ketones is 1. The second-order valence-corrected chi connectivity index (χ2v) is 6.47. The van der Waals surface area contributed by atoms with Crippen LogP contribution in [0.5, 0.6) is 0 Å². The summed E-state index contributed by atoms with van der Waals surface area (Å²) in [6.45, 7) is 8.07. The van der Waals surface area contributed by atoms with Crippen LogP contribution >= 0.6 is 0 Å². The molecule has 0 spiro atoms. The Morgan fingerprint density at radius 3 is 2.12 bits per heavy atom. The largest absolute Gasteiger partial charge is 0.464 e. The highest BCUT2D eigenvalue weighted by atomic mass is 16.6. The van der Waals surface area contributed by atoms with Gasteiger partial charge in [0.05, 0.1) is 6.61 Å². The predicted molar refractivity (Wildman–Crippen MR) is 89.6 cm³/mol. The van der Waals surface area contributed by atoms with Gasteiger partial charge in [0, 0.05) is 6.42 Å². The molecule has 0 heterocycles. The van der Waals surface area contributed by atoms with E-state index in [-0.39, 0.29) is 13.0 Å². The Balaban J connectivity index is 3.19. The molecule has 1 aromatic carbocycles. The van der Waals surface area contributed by atoms with Crippen molar-refractivity contribution in [1.82, 2.24) is 5.32 Å². The molecule has 0 saturated heterocycles. The van der Waals surface area contributed by atoms with Gasteiger partial charge in [-0.25, -0.2) is 9.59 Å². The Hall–Kier alpha value is -2.37. The molecule has 0 saturated carbocycles. The fourth-order valence-electron chi connectivity index (χ4n) is 2.16. The number of ether oxygens (including phenoxy) is 2. The number of hydrogen-bond acceptors (Lipinski definition) is 5. The predicted octanol–water partition coefficient (Wildman–Crippen LogP) is 2.64. The van der Waals surface area contributed by atoms with Gasteiger partial charge in [-0.1, -0.05) is 30.3 Å². The van der Waals surface area contributed by atoms with Gasteiger partial charge in [0.1, 0.15) is 5.60 Å². The number of esters is 1. The van der Waals surface area contributed by atoms with Crippen molar-refractivity contribution in [3.8, 4) is 0 Å². The fraction of sp³-hybridized carbons (Fsp3) is 0.500. The van der Waals surface area contributed by atoms with E-state index in [9.17, 15) is 14.4 Å². The van der Waals surface area contributed by atoms with Gasteiger partial charge in [-0.2, -0.15) is 0 Å². The van der Waals surface area contributed by atoms with E-state index in [0.717, 1.165) is 5.56 Å². The number of Topliss-reactive ketones (excluding diaryl/α,β-unsaturated/α-hetero) is 1. The summed E-state index contributed by atoms with van der Waals surface area (Å²) in [4.78, 5) is 37.0. The Labute approximate surface area is 142 Å². The first-order chi connectivity index (χ1) is 11.1. The van der Waals surface area contributed by atoms with Gasteiger partial charge in [0.2, 0.25) is 5.54 Å². The van der Waals surface area contributed by atoms with Crippen molar-refractivity contribution >= 4 is 17.8 Å². The standard InChI is InChI=1S/C18H25NO5/c1-6-23-15(21)18(13(2)20,12-14-10-8-7-9-11-14)19-16(22)24-17(3,4)5/h7-11H,6,12H2,1-5H3,(H,19,22). The van der Waals surface area contributed by atoms with Crippen LogP contribution in [-0.4, -0.2) is 35.6 Å². The molecule has 1 aromatic rings. The summed E-state index contributed by atoms with van der Waals surface area (Å²) in [6.07, 6.45) is -0.858. The van der Waals surface area contributed by atoms with Crippen LogP contribution in [0.15, 0.2) is 30.3 Å². The monoisotopic (exact) mass is 335 g/mol. The summed E-state index contributed by atoms with van der Waals surface area (Å²) in [7, 11) is 0. The van der Waals surface area contributed by atoms with E-state index in [1.165, 1.54) is 6.92 Å². The highest BCUT2D eigenvalue weighted by Gasteiger charge is 2.47. The lowest BCUT2D eigenvalue weighted by Crippen LogP contribution is -2.62. The second kappa shape index (κ2) is 7.95. The zero-order valence-electron chi connectivity index (χ0n) is 14.8. The number of benzene rings is 1. The third kappa shape index (κ3) is 5.37. The van der Waals surface area contributed by atoms with Crippen LogP contribution in [-0.2, 0) is 25.5 Å². The fourth-order valence-corrected chi connectivity index (χ4v) is 2.16. The molecule has 6 nitrogen and oxygen atoms in total. The SMILES string of the molecule is CCOC(=O)C(Cc1ccccc1)(NC(=O)OC(C)(C)C)C(C)=O. The Morgan fingerprint density at radius 1 is 1.08 bits per heavy atom. The molecular formula is C18H25NO5. The summed E-state index contributed by atoms with van der Waals surface area (Å²) in [5.74, 6) is -1.32. The average Bonchev–Trinajstić information content (AvgIpc) is 2.45. The summed E-state index contributed by atoms with van der Waals surface area (Å²) < 4.78 is 10.2. The lowest BCUT2D eigenvalue weighted by atomic mass is 9.87. The lowest BCUT2D eigenvalue weighted by Gasteiger charge is -2.31. The molecule has 1 atom stereocenters. The average molecular weight is 335 g/mol. The number of rotatable bonds is 6. The third-order valence-electron chi connectivity index (χ3n) is 3.25. The summed E-state index contributed by atoms with van der Waals surface area (Å²) >= 11 is 0. The number of amides is 1. The van der Waals surface area contributed by atoms with Crippen LogP contribution in [0.2, 0.25) is 0 Å². The summed E-state index contributed by atoms with van der Waals surface area (Å²) in [6, 6.07) is 8.95. The summed E-state index contributed by atoms with van der Waals surface area (Å²) in [5, 5.41) is 2.43. The van der Waals surface area contributed by atoms with Crippen molar-refractivity contribution in [2.45, 2.75) is 52.2 Å². The topological polar surface area (TPSA) is 81.7 Å². The maximum Gasteiger partial charge on any atom is 0.408 e. The van der Waals surface area contributed by atoms with Gasteiger partial charge in [-0.05, 0) is 40.2 Å². The molecule has 1 rings (SSSR count). The minimum Gasteiger partial charge on any atom is -0.464 e. The molecule has 0 fully saturated rings. The number of alkyl carbamates (subject to hydrolysis) is 1. The van der Waals surface area contributed by atoms with Crippen molar-refractivity contribution in [3.63, 3.8) is 0 Å². The third-order valence-corrected chi connectivity index (χ3v) is 3.25. The van der Waals surface area contributed by atoms with Gasteiger partial charge in [0.25, 0.3) is 0 Å². The molecule has 1 unspecified atom stereocenters. The van der Waals surface area contributed by atoms with E-state index < -0.39 is 29.0 Å². The Bertz CT molecular complexity index is 591. The zero-order valence-corrected chi connectivity index (χ0v) is 14.8. The van der Waals surface area contributed by atoms with Crippen LogP contribution in [0, 0.1) is 0 Å². The highest BCUT2D eigenvalue weighted by Crippen LogP contribution is 2.19. The van der Waals surface area contributed by atoms with E-state index in [1.807, 2.05) is 6.07 Å². The van der Waals surface area contributed by atoms with Crippen molar-refractivity contribution in [1.29, 1.82) is 0 Å². The van der Waals surface area contributed by atoms with Crippen molar-refractivity contribution in [3.05, 3.63) is 35.9 Å². The minimum atomic E-state index is -1.82. The molecule has 0 aliphatic heterocycles. The molecule has 24 heavy (non-hydrogen) atoms. The van der Waals surface area contributed by atoms with Crippen LogP contribution < -0.4 is 5.32 Å². The molecule has 0 radical (unpaired) electrons. The maximum atomic E-state index is 12.5. The molecule has 0 aliphatic carbocycles. The van der Waals surface area contributed by atoms with E-state index in [1.54, 1.807) is 52.0 Å². The van der Waals surface area contributed by atoms with Crippen LogP contribution in [0.3, 0.4) is 0 Å². The second-order valence-electron chi connectivity index (χ2n) is 6.47. The molecule has 6 heteroatoms. The molecule has 132 valence electrons. The van der Waals surface area contributed by atoms with Gasteiger partial charge < -0.3 is 9.47 Å². The normalized spacial score (nSPS) is 13.5. The first-order valence-electron chi connectivity index (χ1n) is 7.84. The van der Waals surface area contributed by atoms with Crippen molar-refractivity contribution < 1.29 is 23.9 Å². The molecular weight excluding hydrogens is 310 g/mol. The smallest absolute Gasteiger partial charge is 0.408 e. The zero-order chi connectivity index (χ0) is 18.4. The van der Waals surface area contributed by atoms with Crippen LogP contribution in [0.1, 0.15) is 40.2 Å². The van der Waals surface area contributed by atoms with E-state index in [0.29, 0.717) is 0 Å². The lowest BCUT2D eigenvalue weighted by molar-refractivity contribution is -0.154. The van der Waals surface area contributed by atoms with E-state index in [4.69, 9.17) is 9.47 Å². The van der Waals surface area contributed by atoms with Crippen LogP contribution in [0.25, 0.3) is 0 Å². The molecule has 1 N–H and O–H groups in total. The van der Waals surface area contributed by atoms with Gasteiger partial charge in [0.15, 0.2) is 5.78 Å². The summed E-state index contributed by atoms with van der Waals surface area (Å²) in [5.41, 5.74) is -1.86. The van der Waals surface area contributed by atoms with Gasteiger partial charge >= 0.3 is 12.1 Å². The molecule has 0 aliphatic rings. The van der Waals surface area contributed by atoms with Gasteiger partial charge in [-0.3, -0.25) is 10.1 Å². The molecule has 0 bridgehead atoms. The number of carbonyl (C=O) groups is 3. The maximum absolute atomic E-state index is 12.5. The highest BCUT2D eigenvalue weighted by molar-refractivity contribution is 6.09. The van der Waals surface area contributed by atoms with Crippen LogP contribution in [0.4, 0.5) is 4.79 Å². The number of nitrogens with one attached hydrogen (secondary N) is 1. The molecule has 1 amide bonds. The van der Waals surface area contributed by atoms with E-state index >= 15 is 0 Å². The number of carbonyl (C=O) groups excluding carboxylic acids is 3.